The molecule has 3 aromatic rings. The van der Waals surface area contributed by atoms with Crippen LogP contribution in [0.25, 0.3) is 22.6 Å². The molecule has 0 bridgehead atoms. The quantitative estimate of drug-likeness (QED) is 0.763. The number of halogens is 2. The van der Waals surface area contributed by atoms with Gasteiger partial charge in [0.25, 0.3) is 0 Å². The smallest absolute Gasteiger partial charge is 0.174 e. The summed E-state index contributed by atoms with van der Waals surface area (Å²) in [5.74, 6) is 0.183. The molecule has 0 aliphatic heterocycles. The van der Waals surface area contributed by atoms with Gasteiger partial charge in [-0.1, -0.05) is 33.2 Å². The van der Waals surface area contributed by atoms with Crippen molar-refractivity contribution in [2.24, 2.45) is 0 Å². The van der Waals surface area contributed by atoms with Crippen molar-refractivity contribution in [1.82, 2.24) is 5.16 Å². The second kappa shape index (κ2) is 5.79. The fraction of sp³-hybridized carbons (Fsp3) is 0.0625. The first-order chi connectivity index (χ1) is 10.2. The highest BCUT2D eigenvalue weighted by Gasteiger charge is 2.19. The Bertz CT molecular complexity index is 768. The Morgan fingerprint density at radius 1 is 1.10 bits per heavy atom. The van der Waals surface area contributed by atoms with E-state index in [-0.39, 0.29) is 12.4 Å². The maximum Gasteiger partial charge on any atom is 0.174 e. The van der Waals surface area contributed by atoms with Gasteiger partial charge in [-0.25, -0.2) is 4.39 Å². The lowest BCUT2D eigenvalue weighted by atomic mass is 10.0. The Labute approximate surface area is 129 Å². The molecule has 1 heterocycles. The minimum atomic E-state index is -0.321. The normalized spacial score (nSPS) is 10.8. The van der Waals surface area contributed by atoms with Gasteiger partial charge in [0.15, 0.2) is 5.76 Å². The average molecular weight is 348 g/mol. The summed E-state index contributed by atoms with van der Waals surface area (Å²) >= 11 is 3.45. The lowest BCUT2D eigenvalue weighted by molar-refractivity contribution is 0.281. The van der Waals surface area contributed by atoms with Crippen molar-refractivity contribution in [3.05, 3.63) is 64.4 Å². The Morgan fingerprint density at radius 3 is 2.48 bits per heavy atom. The van der Waals surface area contributed by atoms with Crippen molar-refractivity contribution in [3.8, 4) is 22.6 Å². The van der Waals surface area contributed by atoms with Gasteiger partial charge in [0.05, 0.1) is 12.2 Å². The predicted molar refractivity (Wildman–Crippen MR) is 81.0 cm³/mol. The summed E-state index contributed by atoms with van der Waals surface area (Å²) in [6.07, 6.45) is 0. The molecule has 0 aliphatic carbocycles. The zero-order valence-corrected chi connectivity index (χ0v) is 12.5. The largest absolute Gasteiger partial charge is 0.391 e. The molecule has 0 atom stereocenters. The number of aliphatic hydroxyl groups is 1. The minimum absolute atomic E-state index is 0.215. The van der Waals surface area contributed by atoms with Gasteiger partial charge >= 0.3 is 0 Å². The first-order valence-electron chi connectivity index (χ1n) is 6.31. The standard InChI is InChI=1S/C16H11BrFNO2/c17-14-4-2-1-3-12(14)16-13(9-20)15(19-21-16)10-5-7-11(18)8-6-10/h1-8,20H,9H2. The Balaban J connectivity index is 2.13. The molecule has 21 heavy (non-hydrogen) atoms. The van der Waals surface area contributed by atoms with Crippen LogP contribution in [-0.2, 0) is 6.61 Å². The van der Waals surface area contributed by atoms with E-state index in [4.69, 9.17) is 4.52 Å². The summed E-state index contributed by atoms with van der Waals surface area (Å²) in [7, 11) is 0. The van der Waals surface area contributed by atoms with Crippen molar-refractivity contribution in [2.45, 2.75) is 6.61 Å². The first-order valence-corrected chi connectivity index (χ1v) is 7.10. The van der Waals surface area contributed by atoms with Crippen molar-refractivity contribution in [2.75, 3.05) is 0 Å². The number of nitrogens with zero attached hydrogens (tertiary/aromatic N) is 1. The van der Waals surface area contributed by atoms with Gasteiger partial charge in [-0.2, -0.15) is 0 Å². The molecule has 0 amide bonds. The SMILES string of the molecule is OCc1c(-c2ccc(F)cc2)noc1-c1ccccc1Br. The van der Waals surface area contributed by atoms with Crippen LogP contribution in [-0.4, -0.2) is 10.3 Å². The lowest BCUT2D eigenvalue weighted by Crippen LogP contribution is -1.90. The molecular weight excluding hydrogens is 337 g/mol. The fourth-order valence-electron chi connectivity index (χ4n) is 2.15. The zero-order chi connectivity index (χ0) is 14.8. The Hall–Kier alpha value is -1.98. The number of aromatic nitrogens is 1. The molecule has 0 radical (unpaired) electrons. The monoisotopic (exact) mass is 347 g/mol. The summed E-state index contributed by atoms with van der Waals surface area (Å²) in [4.78, 5) is 0. The van der Waals surface area contributed by atoms with Crippen LogP contribution in [0.4, 0.5) is 4.39 Å². The van der Waals surface area contributed by atoms with Gasteiger partial charge in [-0.05, 0) is 36.4 Å². The molecule has 0 fully saturated rings. The van der Waals surface area contributed by atoms with Crippen LogP contribution < -0.4 is 0 Å². The summed E-state index contributed by atoms with van der Waals surface area (Å²) in [6.45, 7) is -0.215. The molecule has 1 N–H and O–H groups in total. The van der Waals surface area contributed by atoms with Crippen molar-refractivity contribution >= 4 is 15.9 Å². The molecule has 1 aromatic heterocycles. The third-order valence-corrected chi connectivity index (χ3v) is 3.87. The van der Waals surface area contributed by atoms with E-state index in [1.165, 1.54) is 12.1 Å². The van der Waals surface area contributed by atoms with Gasteiger partial charge in [0, 0.05) is 15.6 Å². The number of rotatable bonds is 3. The maximum absolute atomic E-state index is 13.0. The topological polar surface area (TPSA) is 46.3 Å². The van der Waals surface area contributed by atoms with Crippen LogP contribution in [0, 0.1) is 5.82 Å². The van der Waals surface area contributed by atoms with Crippen LogP contribution in [0.15, 0.2) is 57.5 Å². The van der Waals surface area contributed by atoms with Crippen LogP contribution >= 0.6 is 15.9 Å². The Kier molecular flexibility index (Phi) is 3.86. The van der Waals surface area contributed by atoms with E-state index < -0.39 is 0 Å². The van der Waals surface area contributed by atoms with Crippen molar-refractivity contribution < 1.29 is 14.0 Å². The van der Waals surface area contributed by atoms with Crippen LogP contribution in [0.5, 0.6) is 0 Å². The van der Waals surface area contributed by atoms with Gasteiger partial charge in [-0.3, -0.25) is 0 Å². The average Bonchev–Trinajstić information content (AvgIpc) is 2.92. The van der Waals surface area contributed by atoms with Gasteiger partial charge < -0.3 is 9.63 Å². The summed E-state index contributed by atoms with van der Waals surface area (Å²) in [5.41, 5.74) is 2.60. The van der Waals surface area contributed by atoms with Crippen LogP contribution in [0.2, 0.25) is 0 Å². The van der Waals surface area contributed by atoms with Gasteiger partial charge in [-0.15, -0.1) is 0 Å². The lowest BCUT2D eigenvalue weighted by Gasteiger charge is -2.03. The summed E-state index contributed by atoms with van der Waals surface area (Å²) < 4.78 is 19.3. The number of benzene rings is 2. The highest BCUT2D eigenvalue weighted by molar-refractivity contribution is 9.10. The second-order valence-electron chi connectivity index (χ2n) is 4.48. The molecule has 106 valence electrons. The number of aliphatic hydroxyl groups excluding tert-OH is 1. The Morgan fingerprint density at radius 2 is 1.81 bits per heavy atom. The molecule has 3 nitrogen and oxygen atoms in total. The van der Waals surface area contributed by atoms with E-state index in [0.717, 1.165) is 10.0 Å². The molecule has 0 saturated carbocycles. The van der Waals surface area contributed by atoms with E-state index in [1.54, 1.807) is 12.1 Å². The molecule has 0 spiro atoms. The minimum Gasteiger partial charge on any atom is -0.391 e. The van der Waals surface area contributed by atoms with Gasteiger partial charge in [0.1, 0.15) is 11.5 Å². The van der Waals surface area contributed by atoms with E-state index >= 15 is 0 Å². The highest BCUT2D eigenvalue weighted by atomic mass is 79.9. The van der Waals surface area contributed by atoms with E-state index in [2.05, 4.69) is 21.1 Å². The van der Waals surface area contributed by atoms with Crippen LogP contribution in [0.3, 0.4) is 0 Å². The zero-order valence-electron chi connectivity index (χ0n) is 10.9. The van der Waals surface area contributed by atoms with E-state index in [1.807, 2.05) is 24.3 Å². The van der Waals surface area contributed by atoms with Crippen molar-refractivity contribution in [1.29, 1.82) is 0 Å². The van der Waals surface area contributed by atoms with Crippen molar-refractivity contribution in [3.63, 3.8) is 0 Å². The number of hydrogen-bond donors (Lipinski definition) is 1. The fourth-order valence-corrected chi connectivity index (χ4v) is 2.61. The molecule has 3 rings (SSSR count). The highest BCUT2D eigenvalue weighted by Crippen LogP contribution is 2.35. The summed E-state index contributed by atoms with van der Waals surface area (Å²) in [5, 5.41) is 13.7. The van der Waals surface area contributed by atoms with E-state index in [9.17, 15) is 9.50 Å². The number of hydrogen-bond acceptors (Lipinski definition) is 3. The van der Waals surface area contributed by atoms with Gasteiger partial charge in [0.2, 0.25) is 0 Å². The van der Waals surface area contributed by atoms with Crippen LogP contribution in [0.1, 0.15) is 5.56 Å². The third kappa shape index (κ3) is 2.62. The molecular formula is C16H11BrFNO2. The predicted octanol–water partition coefficient (Wildman–Crippen LogP) is 4.40. The third-order valence-electron chi connectivity index (χ3n) is 3.18. The molecule has 0 aliphatic rings. The molecule has 0 saturated heterocycles. The maximum atomic E-state index is 13.0. The molecule has 2 aromatic carbocycles. The summed E-state index contributed by atoms with van der Waals surface area (Å²) in [6, 6.07) is 13.4. The first kappa shape index (κ1) is 14.0. The second-order valence-corrected chi connectivity index (χ2v) is 5.34. The molecule has 0 unspecified atom stereocenters. The molecule has 5 heteroatoms. The van der Waals surface area contributed by atoms with E-state index in [0.29, 0.717) is 22.6 Å².